The molecule has 0 saturated carbocycles. The summed E-state index contributed by atoms with van der Waals surface area (Å²) in [5.41, 5.74) is 1.25. The van der Waals surface area contributed by atoms with Crippen LogP contribution in [-0.4, -0.2) is 6.61 Å². The summed E-state index contributed by atoms with van der Waals surface area (Å²) in [6.45, 7) is 2.87. The Bertz CT molecular complexity index is 352. The van der Waals surface area contributed by atoms with Crippen molar-refractivity contribution in [2.45, 2.75) is 25.9 Å². The molecule has 2 nitrogen and oxygen atoms in total. The molecule has 0 radical (unpaired) electrons. The molecule has 0 aromatic carbocycles. The fourth-order valence-corrected chi connectivity index (χ4v) is 2.89. The van der Waals surface area contributed by atoms with Crippen LogP contribution in [0.4, 0.5) is 0 Å². The first-order chi connectivity index (χ1) is 6.83. The third-order valence-electron chi connectivity index (χ3n) is 2.65. The van der Waals surface area contributed by atoms with Crippen molar-refractivity contribution in [1.29, 1.82) is 5.26 Å². The number of thiophene rings is 1. The van der Waals surface area contributed by atoms with Crippen LogP contribution < -0.4 is 0 Å². The maximum atomic E-state index is 9.03. The topological polar surface area (TPSA) is 33.0 Å². The Morgan fingerprint density at radius 1 is 1.64 bits per heavy atom. The summed E-state index contributed by atoms with van der Waals surface area (Å²) in [6, 6.07) is 4.44. The first-order valence-corrected chi connectivity index (χ1v) is 5.76. The van der Waals surface area contributed by atoms with Crippen molar-refractivity contribution in [3.05, 3.63) is 21.9 Å². The Hall–Kier alpha value is -0.850. The lowest BCUT2D eigenvalue weighted by molar-refractivity contribution is -0.00823. The van der Waals surface area contributed by atoms with Gasteiger partial charge in [0.1, 0.15) is 6.10 Å². The molecule has 1 aromatic heterocycles. The van der Waals surface area contributed by atoms with Crippen LogP contribution in [0.25, 0.3) is 0 Å². The summed E-state index contributed by atoms with van der Waals surface area (Å²) in [5, 5.41) is 11.1. The monoisotopic (exact) mass is 207 g/mol. The van der Waals surface area contributed by atoms with Crippen molar-refractivity contribution in [3.63, 3.8) is 0 Å². The molecule has 2 atom stereocenters. The van der Waals surface area contributed by atoms with Crippen molar-refractivity contribution in [2.24, 2.45) is 5.92 Å². The lowest BCUT2D eigenvalue weighted by Crippen LogP contribution is -2.21. The second-order valence-corrected chi connectivity index (χ2v) is 4.58. The molecule has 0 amide bonds. The van der Waals surface area contributed by atoms with E-state index in [0.29, 0.717) is 0 Å². The second kappa shape index (κ2) is 4.12. The number of nitriles is 1. The average Bonchev–Trinajstić information content (AvgIpc) is 2.64. The Balaban J connectivity index is 2.24. The predicted octanol–water partition coefficient (Wildman–Crippen LogP) is 3.05. The zero-order valence-corrected chi connectivity index (χ0v) is 9.01. The van der Waals surface area contributed by atoms with Gasteiger partial charge < -0.3 is 4.74 Å². The summed E-state index contributed by atoms with van der Waals surface area (Å²) >= 11 is 1.70. The minimum absolute atomic E-state index is 0.0220. The molecule has 14 heavy (non-hydrogen) atoms. The van der Waals surface area contributed by atoms with Crippen molar-refractivity contribution < 1.29 is 4.74 Å². The summed E-state index contributed by atoms with van der Waals surface area (Å²) in [7, 11) is 0. The molecule has 0 aliphatic carbocycles. The minimum Gasteiger partial charge on any atom is -0.371 e. The van der Waals surface area contributed by atoms with Crippen molar-refractivity contribution in [1.82, 2.24) is 0 Å². The number of rotatable bonds is 1. The van der Waals surface area contributed by atoms with Gasteiger partial charge in [-0.15, -0.1) is 11.3 Å². The van der Waals surface area contributed by atoms with E-state index >= 15 is 0 Å². The van der Waals surface area contributed by atoms with Gasteiger partial charge >= 0.3 is 0 Å². The normalized spacial score (nSPS) is 27.1. The van der Waals surface area contributed by atoms with E-state index in [2.05, 4.69) is 24.4 Å². The van der Waals surface area contributed by atoms with Gasteiger partial charge in [-0.1, -0.05) is 0 Å². The van der Waals surface area contributed by atoms with Crippen LogP contribution in [0.2, 0.25) is 0 Å². The molecule has 0 bridgehead atoms. The van der Waals surface area contributed by atoms with Gasteiger partial charge in [0.25, 0.3) is 0 Å². The zero-order chi connectivity index (χ0) is 9.97. The van der Waals surface area contributed by atoms with E-state index in [4.69, 9.17) is 10.00 Å². The first-order valence-electron chi connectivity index (χ1n) is 4.88. The number of nitrogens with zero attached hydrogens (tertiary/aromatic N) is 1. The predicted molar refractivity (Wildman–Crippen MR) is 56.1 cm³/mol. The van der Waals surface area contributed by atoms with Crippen LogP contribution in [0.1, 0.15) is 29.4 Å². The summed E-state index contributed by atoms with van der Waals surface area (Å²) in [4.78, 5) is 1.23. The van der Waals surface area contributed by atoms with Gasteiger partial charge in [0.15, 0.2) is 0 Å². The number of ether oxygens (including phenoxy) is 1. The van der Waals surface area contributed by atoms with Gasteiger partial charge in [-0.3, -0.25) is 0 Å². The molecule has 1 aliphatic heterocycles. The Morgan fingerprint density at radius 3 is 3.14 bits per heavy atom. The maximum absolute atomic E-state index is 9.03. The largest absolute Gasteiger partial charge is 0.371 e. The van der Waals surface area contributed by atoms with Crippen molar-refractivity contribution in [3.8, 4) is 6.07 Å². The van der Waals surface area contributed by atoms with Gasteiger partial charge in [0, 0.05) is 11.5 Å². The molecule has 74 valence electrons. The highest BCUT2D eigenvalue weighted by molar-refractivity contribution is 7.10. The Labute approximate surface area is 88.1 Å². The van der Waals surface area contributed by atoms with Crippen molar-refractivity contribution >= 4 is 11.3 Å². The standard InChI is InChI=1S/C11H13NOS/c1-8-4-6-14-11(8)10-9(7-12)3-2-5-13-10/h4,6,9-10H,2-3,5H2,1H3. The number of aryl methyl sites for hydroxylation is 1. The van der Waals surface area contributed by atoms with Crippen LogP contribution in [0.15, 0.2) is 11.4 Å². The highest BCUT2D eigenvalue weighted by Crippen LogP contribution is 2.37. The molecule has 2 unspecified atom stereocenters. The summed E-state index contributed by atoms with van der Waals surface area (Å²) < 4.78 is 5.69. The first kappa shape index (κ1) is 9.70. The third kappa shape index (κ3) is 1.68. The zero-order valence-electron chi connectivity index (χ0n) is 8.19. The minimum atomic E-state index is 0.0220. The average molecular weight is 207 g/mol. The Kier molecular flexibility index (Phi) is 2.85. The lowest BCUT2D eigenvalue weighted by Gasteiger charge is -2.26. The van der Waals surface area contributed by atoms with E-state index in [1.807, 2.05) is 0 Å². The second-order valence-electron chi connectivity index (χ2n) is 3.64. The maximum Gasteiger partial charge on any atom is 0.108 e. The van der Waals surface area contributed by atoms with Gasteiger partial charge in [0.2, 0.25) is 0 Å². The van der Waals surface area contributed by atoms with Gasteiger partial charge in [-0.25, -0.2) is 0 Å². The molecule has 3 heteroatoms. The summed E-state index contributed by atoms with van der Waals surface area (Å²) in [5.74, 6) is 0.0427. The van der Waals surface area contributed by atoms with Crippen LogP contribution in [0.3, 0.4) is 0 Å². The molecule has 0 spiro atoms. The van der Waals surface area contributed by atoms with Crippen molar-refractivity contribution in [2.75, 3.05) is 6.61 Å². The highest BCUT2D eigenvalue weighted by atomic mass is 32.1. The molecule has 1 aromatic rings. The molecule has 1 aliphatic rings. The van der Waals surface area contributed by atoms with E-state index in [1.165, 1.54) is 10.4 Å². The van der Waals surface area contributed by atoms with E-state index in [1.54, 1.807) is 11.3 Å². The number of hydrogen-bond donors (Lipinski definition) is 0. The molecular formula is C11H13NOS. The van der Waals surface area contributed by atoms with Crippen LogP contribution in [-0.2, 0) is 4.74 Å². The fraction of sp³-hybridized carbons (Fsp3) is 0.545. The highest BCUT2D eigenvalue weighted by Gasteiger charge is 2.29. The van der Waals surface area contributed by atoms with E-state index < -0.39 is 0 Å². The molecule has 2 rings (SSSR count). The van der Waals surface area contributed by atoms with E-state index in [9.17, 15) is 0 Å². The summed E-state index contributed by atoms with van der Waals surface area (Å²) in [6.07, 6.45) is 2.01. The molecule has 1 saturated heterocycles. The molecular weight excluding hydrogens is 194 g/mol. The SMILES string of the molecule is Cc1ccsc1C1OCCCC1C#N. The van der Waals surface area contributed by atoms with E-state index in [-0.39, 0.29) is 12.0 Å². The third-order valence-corrected chi connectivity index (χ3v) is 3.73. The van der Waals surface area contributed by atoms with Crippen LogP contribution >= 0.6 is 11.3 Å². The van der Waals surface area contributed by atoms with Gasteiger partial charge in [0.05, 0.1) is 12.0 Å². The van der Waals surface area contributed by atoms with Gasteiger partial charge in [-0.2, -0.15) is 5.26 Å². The molecule has 2 heterocycles. The van der Waals surface area contributed by atoms with Crippen LogP contribution in [0, 0.1) is 24.2 Å². The van der Waals surface area contributed by atoms with Gasteiger partial charge in [-0.05, 0) is 36.8 Å². The quantitative estimate of drug-likeness (QED) is 0.709. The number of hydrogen-bond acceptors (Lipinski definition) is 3. The van der Waals surface area contributed by atoms with E-state index in [0.717, 1.165) is 19.4 Å². The fourth-order valence-electron chi connectivity index (χ4n) is 1.85. The molecule has 0 N–H and O–H groups in total. The molecule has 1 fully saturated rings. The smallest absolute Gasteiger partial charge is 0.108 e. The van der Waals surface area contributed by atoms with Crippen LogP contribution in [0.5, 0.6) is 0 Å². The lowest BCUT2D eigenvalue weighted by atomic mass is 9.93. The Morgan fingerprint density at radius 2 is 2.50 bits per heavy atom.